The first-order valence-electron chi connectivity index (χ1n) is 11.1. The van der Waals surface area contributed by atoms with Crippen LogP contribution in [0.3, 0.4) is 0 Å². The van der Waals surface area contributed by atoms with Crippen LogP contribution in [0.25, 0.3) is 5.69 Å². The molecule has 0 spiro atoms. The fourth-order valence-electron chi connectivity index (χ4n) is 4.61. The smallest absolute Gasteiger partial charge is 0.275 e. The van der Waals surface area contributed by atoms with E-state index >= 15 is 0 Å². The van der Waals surface area contributed by atoms with Crippen molar-refractivity contribution in [2.75, 3.05) is 5.01 Å². The van der Waals surface area contributed by atoms with Crippen molar-refractivity contribution in [1.29, 1.82) is 0 Å². The van der Waals surface area contributed by atoms with Crippen LogP contribution in [-0.2, 0) is 4.79 Å². The normalized spacial score (nSPS) is 16.5. The molecule has 2 atom stereocenters. The number of hydrazone groups is 1. The molecular weight excluding hydrogens is 483 g/mol. The molecular formula is C27H22Cl2N4O2. The summed E-state index contributed by atoms with van der Waals surface area (Å²) in [5.41, 5.74) is 3.77. The minimum atomic E-state index is -0.644. The minimum Gasteiger partial charge on any atom is -0.295 e. The van der Waals surface area contributed by atoms with Crippen molar-refractivity contribution in [3.63, 3.8) is 0 Å². The SMILES string of the molecule is CC1=NN(c2ccc(Cl)cc2)C(=O)[C@H]1[C@H](c1ccccc1)c1c(C)[nH]n(-c2ccc(Cl)cc2)c1=O. The van der Waals surface area contributed by atoms with E-state index in [9.17, 15) is 9.59 Å². The molecule has 176 valence electrons. The van der Waals surface area contributed by atoms with Gasteiger partial charge in [-0.3, -0.25) is 14.7 Å². The van der Waals surface area contributed by atoms with Crippen molar-refractivity contribution in [3.8, 4) is 5.69 Å². The van der Waals surface area contributed by atoms with E-state index in [0.29, 0.717) is 38.4 Å². The molecule has 5 rings (SSSR count). The number of aromatic amines is 1. The molecule has 6 nitrogen and oxygen atoms in total. The first-order valence-corrected chi connectivity index (χ1v) is 11.9. The zero-order valence-electron chi connectivity index (χ0n) is 19.1. The molecule has 1 aliphatic heterocycles. The second-order valence-electron chi connectivity index (χ2n) is 8.50. The highest BCUT2D eigenvalue weighted by Crippen LogP contribution is 2.38. The van der Waals surface area contributed by atoms with Crippen LogP contribution in [0.5, 0.6) is 0 Å². The Morgan fingerprint density at radius 2 is 1.40 bits per heavy atom. The first kappa shape index (κ1) is 23.1. The number of aromatic nitrogens is 2. The Kier molecular flexibility index (Phi) is 6.09. The molecule has 0 aliphatic carbocycles. The number of aryl methyl sites for hydroxylation is 1. The Balaban J connectivity index is 1.63. The van der Waals surface area contributed by atoms with Gasteiger partial charge in [0.15, 0.2) is 0 Å². The average Bonchev–Trinajstić information content (AvgIpc) is 3.31. The number of H-pyrrole nitrogens is 1. The predicted octanol–water partition coefficient (Wildman–Crippen LogP) is 5.95. The number of hydrogen-bond donors (Lipinski definition) is 1. The van der Waals surface area contributed by atoms with E-state index in [2.05, 4.69) is 10.2 Å². The van der Waals surface area contributed by atoms with E-state index in [1.54, 1.807) is 48.5 Å². The van der Waals surface area contributed by atoms with E-state index < -0.39 is 11.8 Å². The van der Waals surface area contributed by atoms with Crippen molar-refractivity contribution in [2.24, 2.45) is 11.0 Å². The van der Waals surface area contributed by atoms with Gasteiger partial charge in [-0.15, -0.1) is 0 Å². The third-order valence-electron chi connectivity index (χ3n) is 6.26. The van der Waals surface area contributed by atoms with E-state index in [4.69, 9.17) is 23.2 Å². The van der Waals surface area contributed by atoms with Crippen LogP contribution in [0, 0.1) is 12.8 Å². The van der Waals surface area contributed by atoms with Crippen molar-refractivity contribution in [1.82, 2.24) is 9.78 Å². The van der Waals surface area contributed by atoms with E-state index in [1.165, 1.54) is 9.69 Å². The lowest BCUT2D eigenvalue weighted by molar-refractivity contribution is -0.120. The van der Waals surface area contributed by atoms with Crippen molar-refractivity contribution in [3.05, 3.63) is 116 Å². The largest absolute Gasteiger partial charge is 0.295 e. The summed E-state index contributed by atoms with van der Waals surface area (Å²) < 4.78 is 1.49. The maximum absolute atomic E-state index is 13.8. The molecule has 3 aromatic carbocycles. The van der Waals surface area contributed by atoms with Gasteiger partial charge < -0.3 is 0 Å². The lowest BCUT2D eigenvalue weighted by Gasteiger charge is -2.23. The molecule has 0 bridgehead atoms. The predicted molar refractivity (Wildman–Crippen MR) is 140 cm³/mol. The standard InChI is InChI=1S/C27H22Cl2N4O2/c1-16-23(26(34)32(30-16)21-12-8-19(28)9-13-21)25(18-6-4-3-5-7-18)24-17(2)31-33(27(24)35)22-14-10-20(29)11-15-22/h3-15,23,25,31H,1-2H3/t23-,25+/m1/s1. The summed E-state index contributed by atoms with van der Waals surface area (Å²) in [5.74, 6) is -1.37. The second-order valence-corrected chi connectivity index (χ2v) is 9.37. The van der Waals surface area contributed by atoms with Gasteiger partial charge in [0.25, 0.3) is 11.5 Å². The van der Waals surface area contributed by atoms with Crippen molar-refractivity contribution >= 4 is 40.5 Å². The van der Waals surface area contributed by atoms with Crippen LogP contribution in [-0.4, -0.2) is 21.4 Å². The Bertz CT molecular complexity index is 1470. The molecule has 1 amide bonds. The molecule has 1 aromatic heterocycles. The summed E-state index contributed by atoms with van der Waals surface area (Å²) in [6.07, 6.45) is 0. The molecule has 0 unspecified atom stereocenters. The number of halogens is 2. The molecule has 1 N–H and O–H groups in total. The summed E-state index contributed by atoms with van der Waals surface area (Å²) in [6.45, 7) is 3.68. The molecule has 35 heavy (non-hydrogen) atoms. The highest BCUT2D eigenvalue weighted by atomic mass is 35.5. The number of amides is 1. The average molecular weight is 505 g/mol. The summed E-state index contributed by atoms with van der Waals surface area (Å²) in [6, 6.07) is 23.6. The molecule has 0 saturated heterocycles. The zero-order chi connectivity index (χ0) is 24.7. The number of carbonyl (C=O) groups is 1. The van der Waals surface area contributed by atoms with Crippen LogP contribution in [0.15, 0.2) is 88.8 Å². The monoisotopic (exact) mass is 504 g/mol. The summed E-state index contributed by atoms with van der Waals surface area (Å²) >= 11 is 12.1. The lowest BCUT2D eigenvalue weighted by atomic mass is 9.78. The number of anilines is 1. The molecule has 8 heteroatoms. The Labute approximate surface area is 212 Å². The fourth-order valence-corrected chi connectivity index (χ4v) is 4.87. The minimum absolute atomic E-state index is 0.197. The number of hydrogen-bond acceptors (Lipinski definition) is 3. The third kappa shape index (κ3) is 4.20. The first-order chi connectivity index (χ1) is 16.8. The van der Waals surface area contributed by atoms with Gasteiger partial charge in [0.2, 0.25) is 0 Å². The number of nitrogens with zero attached hydrogens (tertiary/aromatic N) is 3. The van der Waals surface area contributed by atoms with E-state index in [1.807, 2.05) is 44.2 Å². The highest BCUT2D eigenvalue weighted by molar-refractivity contribution is 6.31. The number of benzene rings is 3. The van der Waals surface area contributed by atoms with E-state index in [0.717, 1.165) is 5.56 Å². The van der Waals surface area contributed by atoms with Gasteiger partial charge in [0, 0.05) is 32.9 Å². The van der Waals surface area contributed by atoms with Crippen molar-refractivity contribution in [2.45, 2.75) is 19.8 Å². The van der Waals surface area contributed by atoms with Gasteiger partial charge in [-0.1, -0.05) is 53.5 Å². The number of nitrogens with one attached hydrogen (secondary N) is 1. The van der Waals surface area contributed by atoms with Crippen LogP contribution in [0.4, 0.5) is 5.69 Å². The third-order valence-corrected chi connectivity index (χ3v) is 6.76. The van der Waals surface area contributed by atoms with E-state index in [-0.39, 0.29) is 11.5 Å². The summed E-state index contributed by atoms with van der Waals surface area (Å²) in [5, 5.41) is 10.3. The Morgan fingerprint density at radius 3 is 2.00 bits per heavy atom. The van der Waals surface area contributed by atoms with Gasteiger partial charge in [-0.05, 0) is 67.9 Å². The van der Waals surface area contributed by atoms with Gasteiger partial charge in [0.05, 0.1) is 17.3 Å². The number of carbonyl (C=O) groups excluding carboxylic acids is 1. The molecule has 1 aliphatic rings. The summed E-state index contributed by atoms with van der Waals surface area (Å²) in [7, 11) is 0. The Hall–Kier alpha value is -3.61. The van der Waals surface area contributed by atoms with Crippen LogP contribution in [0.1, 0.15) is 29.7 Å². The molecule has 0 radical (unpaired) electrons. The molecule has 0 saturated carbocycles. The summed E-state index contributed by atoms with van der Waals surface area (Å²) in [4.78, 5) is 27.5. The Morgan fingerprint density at radius 1 is 0.829 bits per heavy atom. The maximum Gasteiger partial charge on any atom is 0.275 e. The van der Waals surface area contributed by atoms with Crippen LogP contribution >= 0.6 is 23.2 Å². The lowest BCUT2D eigenvalue weighted by Crippen LogP contribution is -2.34. The zero-order valence-corrected chi connectivity index (χ0v) is 20.6. The van der Waals surface area contributed by atoms with Crippen molar-refractivity contribution < 1.29 is 4.79 Å². The quantitative estimate of drug-likeness (QED) is 0.364. The van der Waals surface area contributed by atoms with Crippen LogP contribution < -0.4 is 10.6 Å². The van der Waals surface area contributed by atoms with Gasteiger partial charge in [0.1, 0.15) is 0 Å². The van der Waals surface area contributed by atoms with Crippen LogP contribution in [0.2, 0.25) is 10.0 Å². The maximum atomic E-state index is 13.8. The fraction of sp³-hybridized carbons (Fsp3) is 0.148. The molecule has 0 fully saturated rings. The van der Waals surface area contributed by atoms with Gasteiger partial charge in [-0.2, -0.15) is 5.10 Å². The second kappa shape index (κ2) is 9.21. The topological polar surface area (TPSA) is 70.5 Å². The number of rotatable bonds is 5. The van der Waals surface area contributed by atoms with Gasteiger partial charge in [-0.25, -0.2) is 9.69 Å². The highest BCUT2D eigenvalue weighted by Gasteiger charge is 2.43. The van der Waals surface area contributed by atoms with Gasteiger partial charge >= 0.3 is 0 Å². The molecule has 2 heterocycles. The molecule has 4 aromatic rings.